The summed E-state index contributed by atoms with van der Waals surface area (Å²) >= 11 is 0. The van der Waals surface area contributed by atoms with E-state index in [1.165, 1.54) is 7.11 Å². The number of hydrogen-bond acceptors (Lipinski definition) is 4. The molecule has 4 rings (SSSR count). The predicted octanol–water partition coefficient (Wildman–Crippen LogP) is 5.68. The van der Waals surface area contributed by atoms with E-state index in [1.807, 2.05) is 72.8 Å². The number of carbonyl (C=O) groups excluding carboxylic acids is 1. The zero-order valence-corrected chi connectivity index (χ0v) is 20.2. The summed E-state index contributed by atoms with van der Waals surface area (Å²) in [6.45, 7) is 2.64. The van der Waals surface area contributed by atoms with Gasteiger partial charge in [-0.25, -0.2) is 9.78 Å². The molecule has 0 aliphatic heterocycles. The van der Waals surface area contributed by atoms with Crippen molar-refractivity contribution in [1.82, 2.24) is 9.55 Å². The summed E-state index contributed by atoms with van der Waals surface area (Å²) in [5.74, 6) is -0.362. The quantitative estimate of drug-likeness (QED) is 0.298. The minimum absolute atomic E-state index is 0.00932. The van der Waals surface area contributed by atoms with E-state index >= 15 is 0 Å². The second-order valence-electron chi connectivity index (χ2n) is 8.60. The summed E-state index contributed by atoms with van der Waals surface area (Å²) in [5, 5.41) is 0. The number of hydrogen-bond donors (Lipinski definition) is 0. The molecule has 0 atom stereocenters. The molecule has 35 heavy (non-hydrogen) atoms. The number of rotatable bonds is 9. The summed E-state index contributed by atoms with van der Waals surface area (Å²) < 4.78 is 6.63. The maximum atomic E-state index is 13.5. The fraction of sp³-hybridized carbons (Fsp3) is 0.233. The summed E-state index contributed by atoms with van der Waals surface area (Å²) in [4.78, 5) is 30.3. The van der Waals surface area contributed by atoms with E-state index in [0.29, 0.717) is 18.5 Å². The van der Waals surface area contributed by atoms with Crippen LogP contribution in [0.3, 0.4) is 0 Å². The van der Waals surface area contributed by atoms with Crippen molar-refractivity contribution in [2.24, 2.45) is 0 Å². The lowest BCUT2D eigenvalue weighted by atomic mass is 9.96. The highest BCUT2D eigenvalue weighted by atomic mass is 16.5. The number of aromatic nitrogens is 2. The van der Waals surface area contributed by atoms with Crippen LogP contribution in [0.25, 0.3) is 11.1 Å². The van der Waals surface area contributed by atoms with Gasteiger partial charge in [-0.15, -0.1) is 0 Å². The number of benzene rings is 3. The minimum Gasteiger partial charge on any atom is -0.465 e. The Morgan fingerprint density at radius 2 is 1.63 bits per heavy atom. The first-order chi connectivity index (χ1) is 17.1. The zero-order chi connectivity index (χ0) is 24.6. The van der Waals surface area contributed by atoms with Crippen molar-refractivity contribution in [3.8, 4) is 11.1 Å². The van der Waals surface area contributed by atoms with Gasteiger partial charge in [0.05, 0.1) is 31.2 Å². The molecule has 0 aliphatic carbocycles. The zero-order valence-electron chi connectivity index (χ0n) is 20.2. The molecule has 0 fully saturated rings. The van der Waals surface area contributed by atoms with E-state index in [2.05, 4.69) is 11.9 Å². The third-order valence-corrected chi connectivity index (χ3v) is 6.16. The van der Waals surface area contributed by atoms with Gasteiger partial charge in [-0.3, -0.25) is 9.36 Å². The molecule has 0 bridgehead atoms. The highest BCUT2D eigenvalue weighted by molar-refractivity contribution is 5.97. The lowest BCUT2D eigenvalue weighted by Crippen LogP contribution is -2.27. The molecule has 4 aromatic rings. The molecule has 178 valence electrons. The lowest BCUT2D eigenvalue weighted by molar-refractivity contribution is 0.0601. The van der Waals surface area contributed by atoms with E-state index in [1.54, 1.807) is 17.0 Å². The molecule has 0 amide bonds. The topological polar surface area (TPSA) is 61.2 Å². The van der Waals surface area contributed by atoms with Gasteiger partial charge in [-0.05, 0) is 41.2 Å². The number of carbonyl (C=O) groups is 1. The van der Waals surface area contributed by atoms with Crippen molar-refractivity contribution in [2.45, 2.75) is 39.2 Å². The van der Waals surface area contributed by atoms with Crippen molar-refractivity contribution in [3.63, 3.8) is 0 Å². The van der Waals surface area contributed by atoms with Gasteiger partial charge in [0.15, 0.2) is 0 Å². The SMILES string of the molecule is CCCCc1ncn(Cc2ccccc2)c(=O)c1Cc1ccc(-c2ccccc2C(=O)OC)cc1. The molecule has 0 aliphatic rings. The van der Waals surface area contributed by atoms with Crippen LogP contribution in [0, 0.1) is 0 Å². The van der Waals surface area contributed by atoms with Crippen molar-refractivity contribution in [1.29, 1.82) is 0 Å². The van der Waals surface area contributed by atoms with Crippen LogP contribution in [0.4, 0.5) is 0 Å². The Bertz CT molecular complexity index is 1340. The molecule has 0 spiro atoms. The van der Waals surface area contributed by atoms with Crippen molar-refractivity contribution < 1.29 is 9.53 Å². The molecule has 0 radical (unpaired) electrons. The monoisotopic (exact) mass is 466 g/mol. The van der Waals surface area contributed by atoms with E-state index in [9.17, 15) is 9.59 Å². The maximum Gasteiger partial charge on any atom is 0.338 e. The Labute approximate surface area is 206 Å². The third kappa shape index (κ3) is 5.75. The number of esters is 1. The maximum absolute atomic E-state index is 13.5. The molecule has 5 heteroatoms. The van der Waals surface area contributed by atoms with Crippen LogP contribution in [0.15, 0.2) is 90.0 Å². The molecular weight excluding hydrogens is 436 g/mol. The fourth-order valence-electron chi connectivity index (χ4n) is 4.23. The summed E-state index contributed by atoms with van der Waals surface area (Å²) in [6, 6.07) is 25.4. The summed E-state index contributed by atoms with van der Waals surface area (Å²) in [5.41, 5.74) is 6.00. The summed E-state index contributed by atoms with van der Waals surface area (Å²) in [7, 11) is 1.39. The number of aryl methyl sites for hydroxylation is 1. The van der Waals surface area contributed by atoms with Crippen LogP contribution in [0.2, 0.25) is 0 Å². The van der Waals surface area contributed by atoms with Gasteiger partial charge in [-0.1, -0.05) is 86.1 Å². The normalized spacial score (nSPS) is 10.8. The highest BCUT2D eigenvalue weighted by Crippen LogP contribution is 2.25. The van der Waals surface area contributed by atoms with E-state index in [-0.39, 0.29) is 11.5 Å². The molecule has 0 saturated carbocycles. The average molecular weight is 467 g/mol. The second kappa shape index (κ2) is 11.4. The minimum atomic E-state index is -0.362. The van der Waals surface area contributed by atoms with Crippen LogP contribution >= 0.6 is 0 Å². The first kappa shape index (κ1) is 24.1. The first-order valence-electron chi connectivity index (χ1n) is 12.0. The largest absolute Gasteiger partial charge is 0.465 e. The van der Waals surface area contributed by atoms with Crippen molar-refractivity contribution in [3.05, 3.63) is 123 Å². The molecule has 0 saturated heterocycles. The van der Waals surface area contributed by atoms with Gasteiger partial charge in [0, 0.05) is 12.0 Å². The molecule has 0 unspecified atom stereocenters. The van der Waals surface area contributed by atoms with Gasteiger partial charge in [0.2, 0.25) is 0 Å². The fourth-order valence-corrected chi connectivity index (χ4v) is 4.23. The Balaban J connectivity index is 1.64. The number of ether oxygens (including phenoxy) is 1. The van der Waals surface area contributed by atoms with E-state index in [0.717, 1.165) is 52.8 Å². The van der Waals surface area contributed by atoms with Crippen LogP contribution in [-0.4, -0.2) is 22.6 Å². The van der Waals surface area contributed by atoms with Crippen LogP contribution in [0.1, 0.15) is 52.5 Å². The standard InChI is InChI=1S/C30H30N2O3/c1-3-4-14-28-27(29(33)32(21-31-28)20-23-10-6-5-7-11-23)19-22-15-17-24(18-16-22)25-12-8-9-13-26(25)30(34)35-2/h5-13,15-18,21H,3-4,14,19-20H2,1-2H3. The van der Waals surface area contributed by atoms with E-state index < -0.39 is 0 Å². The van der Waals surface area contributed by atoms with Crippen LogP contribution < -0.4 is 5.56 Å². The number of unbranched alkanes of at least 4 members (excludes halogenated alkanes) is 1. The van der Waals surface area contributed by atoms with Gasteiger partial charge < -0.3 is 4.74 Å². The Hall–Kier alpha value is -3.99. The van der Waals surface area contributed by atoms with Gasteiger partial charge in [0.25, 0.3) is 5.56 Å². The Kier molecular flexibility index (Phi) is 7.88. The molecule has 1 aromatic heterocycles. The Morgan fingerprint density at radius 3 is 2.34 bits per heavy atom. The van der Waals surface area contributed by atoms with Gasteiger partial charge in [0.1, 0.15) is 0 Å². The second-order valence-corrected chi connectivity index (χ2v) is 8.60. The molecular formula is C30H30N2O3. The average Bonchev–Trinajstić information content (AvgIpc) is 2.91. The summed E-state index contributed by atoms with van der Waals surface area (Å²) in [6.07, 6.45) is 5.02. The van der Waals surface area contributed by atoms with Gasteiger partial charge in [-0.2, -0.15) is 0 Å². The first-order valence-corrected chi connectivity index (χ1v) is 12.0. The number of nitrogens with zero attached hydrogens (tertiary/aromatic N) is 2. The van der Waals surface area contributed by atoms with Crippen molar-refractivity contribution in [2.75, 3.05) is 7.11 Å². The predicted molar refractivity (Wildman–Crippen MR) is 139 cm³/mol. The third-order valence-electron chi connectivity index (χ3n) is 6.16. The molecule has 3 aromatic carbocycles. The smallest absolute Gasteiger partial charge is 0.338 e. The van der Waals surface area contributed by atoms with Crippen LogP contribution in [-0.2, 0) is 24.1 Å². The lowest BCUT2D eigenvalue weighted by Gasteiger charge is -2.13. The highest BCUT2D eigenvalue weighted by Gasteiger charge is 2.15. The molecule has 0 N–H and O–H groups in total. The van der Waals surface area contributed by atoms with Crippen LogP contribution in [0.5, 0.6) is 0 Å². The Morgan fingerprint density at radius 1 is 0.914 bits per heavy atom. The van der Waals surface area contributed by atoms with E-state index in [4.69, 9.17) is 4.74 Å². The van der Waals surface area contributed by atoms with Gasteiger partial charge >= 0.3 is 5.97 Å². The molecule has 1 heterocycles. The van der Waals surface area contributed by atoms with Crippen molar-refractivity contribution >= 4 is 5.97 Å². The molecule has 5 nitrogen and oxygen atoms in total. The number of methoxy groups -OCH3 is 1.